The van der Waals surface area contributed by atoms with Crippen molar-refractivity contribution in [1.82, 2.24) is 9.55 Å². The molecule has 0 fully saturated rings. The number of carbonyl (C=O) groups is 1. The molecule has 1 heterocycles. The number of ether oxygens (including phenoxy) is 2. The van der Waals surface area contributed by atoms with Crippen molar-refractivity contribution >= 4 is 33.5 Å². The molecule has 212 valence electrons. The van der Waals surface area contributed by atoms with Gasteiger partial charge in [0.05, 0.1) is 27.9 Å². The summed E-state index contributed by atoms with van der Waals surface area (Å²) in [6.07, 6.45) is -18.3. The van der Waals surface area contributed by atoms with Crippen LogP contribution < -0.4 is 10.5 Å². The summed E-state index contributed by atoms with van der Waals surface area (Å²) < 4.78 is 132. The highest BCUT2D eigenvalue weighted by molar-refractivity contribution is 9.10. The second-order valence-electron chi connectivity index (χ2n) is 7.80. The largest absolute Gasteiger partial charge is 0.463 e. The molecule has 38 heavy (non-hydrogen) atoms. The lowest BCUT2D eigenvalue weighted by atomic mass is 10.1. The summed E-state index contributed by atoms with van der Waals surface area (Å²) in [4.78, 5) is 28.9. The summed E-state index contributed by atoms with van der Waals surface area (Å²) in [7, 11) is 0.798. The van der Waals surface area contributed by atoms with Crippen LogP contribution in [0.3, 0.4) is 0 Å². The third-order valence-electron chi connectivity index (χ3n) is 4.85. The van der Waals surface area contributed by atoms with Gasteiger partial charge in [0.2, 0.25) is 12.2 Å². The number of esters is 1. The van der Waals surface area contributed by atoms with Crippen LogP contribution in [0.4, 0.5) is 51.1 Å². The minimum atomic E-state index is -5.40. The SMILES string of the molecule is CCOC(=O)C(OC)N(c1cc(C(F)(F)F)cc(C(F)(F)F)c1Br)c1nc(C(F)(F)F)cc(=O)n1C(C)C. The molecule has 0 saturated carbocycles. The van der Waals surface area contributed by atoms with E-state index < -0.39 is 75.3 Å². The minimum Gasteiger partial charge on any atom is -0.463 e. The van der Waals surface area contributed by atoms with E-state index in [2.05, 4.69) is 20.9 Å². The van der Waals surface area contributed by atoms with E-state index in [4.69, 9.17) is 9.47 Å². The Balaban J connectivity index is 3.19. The zero-order valence-corrected chi connectivity index (χ0v) is 21.4. The van der Waals surface area contributed by atoms with Crippen LogP contribution in [0.2, 0.25) is 0 Å². The van der Waals surface area contributed by atoms with Gasteiger partial charge in [-0.1, -0.05) is 0 Å². The smallest absolute Gasteiger partial charge is 0.433 e. The average Bonchev–Trinajstić information content (AvgIpc) is 2.74. The van der Waals surface area contributed by atoms with Gasteiger partial charge in [-0.25, -0.2) is 9.78 Å². The Kier molecular flexibility index (Phi) is 9.19. The standard InChI is InChI=1S/C21H19BrF9N3O4/c1-5-38-17(36)16(37-4)34(18-32-13(21(29,30)31)8-14(35)33(18)9(2)3)12-7-10(19(23,24)25)6-11(15(12)22)20(26,27)28/h6-9,16H,5H2,1-4H3. The molecular weight excluding hydrogens is 609 g/mol. The molecule has 0 aliphatic carbocycles. The summed E-state index contributed by atoms with van der Waals surface area (Å²) in [5.41, 5.74) is -8.06. The molecular formula is C21H19BrF9N3O4. The molecule has 0 aliphatic rings. The number of nitrogens with zero attached hydrogens (tertiary/aromatic N) is 3. The highest BCUT2D eigenvalue weighted by Crippen LogP contribution is 2.46. The van der Waals surface area contributed by atoms with E-state index >= 15 is 0 Å². The zero-order chi connectivity index (χ0) is 29.4. The second kappa shape index (κ2) is 11.1. The van der Waals surface area contributed by atoms with Crippen LogP contribution >= 0.6 is 15.9 Å². The predicted molar refractivity (Wildman–Crippen MR) is 118 cm³/mol. The van der Waals surface area contributed by atoms with Crippen molar-refractivity contribution in [1.29, 1.82) is 0 Å². The van der Waals surface area contributed by atoms with E-state index in [-0.39, 0.29) is 29.7 Å². The fourth-order valence-corrected chi connectivity index (χ4v) is 3.94. The molecule has 1 aromatic heterocycles. The van der Waals surface area contributed by atoms with Gasteiger partial charge >= 0.3 is 24.5 Å². The van der Waals surface area contributed by atoms with Crippen LogP contribution in [0, 0.1) is 0 Å². The molecule has 0 saturated heterocycles. The van der Waals surface area contributed by atoms with Gasteiger partial charge in [-0.3, -0.25) is 14.3 Å². The number of methoxy groups -OCH3 is 1. The summed E-state index contributed by atoms with van der Waals surface area (Å²) in [6, 6.07) is -1.04. The van der Waals surface area contributed by atoms with Crippen LogP contribution in [0.1, 0.15) is 43.6 Å². The van der Waals surface area contributed by atoms with Crippen molar-refractivity contribution in [2.24, 2.45) is 0 Å². The highest BCUT2D eigenvalue weighted by Gasteiger charge is 2.43. The van der Waals surface area contributed by atoms with Gasteiger partial charge in [0, 0.05) is 19.2 Å². The maximum absolute atomic E-state index is 13.8. The average molecular weight is 628 g/mol. The lowest BCUT2D eigenvalue weighted by Gasteiger charge is -2.34. The van der Waals surface area contributed by atoms with Crippen LogP contribution in [0.5, 0.6) is 0 Å². The van der Waals surface area contributed by atoms with Crippen LogP contribution in [0.25, 0.3) is 0 Å². The van der Waals surface area contributed by atoms with Gasteiger partial charge < -0.3 is 9.47 Å². The Morgan fingerprint density at radius 3 is 2.03 bits per heavy atom. The van der Waals surface area contributed by atoms with Gasteiger partial charge in [0.25, 0.3) is 5.56 Å². The number of halogens is 10. The summed E-state index contributed by atoms with van der Waals surface area (Å²) in [5.74, 6) is -2.54. The molecule has 0 radical (unpaired) electrons. The molecule has 0 aliphatic heterocycles. The number of benzene rings is 1. The lowest BCUT2D eigenvalue weighted by Crippen LogP contribution is -2.45. The molecule has 0 bridgehead atoms. The van der Waals surface area contributed by atoms with Crippen molar-refractivity contribution in [2.75, 3.05) is 18.6 Å². The second-order valence-corrected chi connectivity index (χ2v) is 8.60. The molecule has 1 unspecified atom stereocenters. The summed E-state index contributed by atoms with van der Waals surface area (Å²) in [6.45, 7) is 3.53. The van der Waals surface area contributed by atoms with Gasteiger partial charge in [0.1, 0.15) is 0 Å². The topological polar surface area (TPSA) is 73.7 Å². The number of alkyl halides is 9. The lowest BCUT2D eigenvalue weighted by molar-refractivity contribution is -0.154. The predicted octanol–water partition coefficient (Wildman–Crippen LogP) is 6.32. The molecule has 2 rings (SSSR count). The van der Waals surface area contributed by atoms with Crippen molar-refractivity contribution in [3.63, 3.8) is 0 Å². The molecule has 0 N–H and O–H groups in total. The maximum Gasteiger partial charge on any atom is 0.433 e. The van der Waals surface area contributed by atoms with Gasteiger partial charge in [-0.2, -0.15) is 39.5 Å². The first-order valence-corrected chi connectivity index (χ1v) is 11.2. The first-order valence-electron chi connectivity index (χ1n) is 10.4. The molecule has 1 atom stereocenters. The normalized spacial score (nSPS) is 13.6. The van der Waals surface area contributed by atoms with Crippen molar-refractivity contribution in [3.8, 4) is 0 Å². The van der Waals surface area contributed by atoms with Gasteiger partial charge in [0.15, 0.2) is 5.69 Å². The molecule has 7 nitrogen and oxygen atoms in total. The fraction of sp³-hybridized carbons (Fsp3) is 0.476. The Hall–Kier alpha value is -2.82. The maximum atomic E-state index is 13.8. The highest BCUT2D eigenvalue weighted by atomic mass is 79.9. The first kappa shape index (κ1) is 31.4. The third-order valence-corrected chi connectivity index (χ3v) is 5.68. The Bertz CT molecular complexity index is 1240. The van der Waals surface area contributed by atoms with E-state index in [1.54, 1.807) is 0 Å². The van der Waals surface area contributed by atoms with Crippen LogP contribution in [0.15, 0.2) is 27.5 Å². The molecule has 1 aromatic carbocycles. The monoisotopic (exact) mass is 627 g/mol. The van der Waals surface area contributed by atoms with E-state index in [0.29, 0.717) is 4.57 Å². The number of rotatable bonds is 7. The van der Waals surface area contributed by atoms with Gasteiger partial charge in [-0.15, -0.1) is 0 Å². The minimum absolute atomic E-state index is 0.0934. The van der Waals surface area contributed by atoms with Crippen molar-refractivity contribution in [3.05, 3.63) is 49.8 Å². The van der Waals surface area contributed by atoms with E-state index in [1.807, 2.05) is 0 Å². The number of hydrogen-bond donors (Lipinski definition) is 0. The molecule has 17 heteroatoms. The molecule has 0 spiro atoms. The number of anilines is 2. The van der Waals surface area contributed by atoms with Gasteiger partial charge in [-0.05, 0) is 48.8 Å². The molecule has 2 aromatic rings. The third kappa shape index (κ3) is 6.59. The van der Waals surface area contributed by atoms with Crippen LogP contribution in [-0.2, 0) is 32.8 Å². The Morgan fingerprint density at radius 2 is 1.61 bits per heavy atom. The number of hydrogen-bond acceptors (Lipinski definition) is 6. The van der Waals surface area contributed by atoms with Crippen molar-refractivity contribution in [2.45, 2.75) is 51.6 Å². The quantitative estimate of drug-likeness (QED) is 0.203. The van der Waals surface area contributed by atoms with E-state index in [9.17, 15) is 49.1 Å². The zero-order valence-electron chi connectivity index (χ0n) is 19.8. The van der Waals surface area contributed by atoms with Crippen LogP contribution in [-0.4, -0.2) is 35.5 Å². The summed E-state index contributed by atoms with van der Waals surface area (Å²) in [5, 5.41) is 0. The first-order chi connectivity index (χ1) is 17.2. The summed E-state index contributed by atoms with van der Waals surface area (Å²) >= 11 is 2.57. The number of aromatic nitrogens is 2. The van der Waals surface area contributed by atoms with E-state index in [1.165, 1.54) is 20.8 Å². The van der Waals surface area contributed by atoms with E-state index in [0.717, 1.165) is 7.11 Å². The fourth-order valence-electron chi connectivity index (χ4n) is 3.29. The Labute approximate surface area is 217 Å². The molecule has 0 amide bonds. The Morgan fingerprint density at radius 1 is 1.03 bits per heavy atom. The number of carbonyl (C=O) groups excluding carboxylic acids is 1. The van der Waals surface area contributed by atoms with Crippen molar-refractivity contribution < 1.29 is 53.8 Å².